The third kappa shape index (κ3) is 4.26. The van der Waals surface area contributed by atoms with Crippen molar-refractivity contribution in [2.75, 3.05) is 6.61 Å². The average molecular weight is 353 g/mol. The van der Waals surface area contributed by atoms with Crippen LogP contribution in [0.25, 0.3) is 0 Å². The van der Waals surface area contributed by atoms with Crippen molar-refractivity contribution < 1.29 is 38.3 Å². The molecule has 0 aromatic heterocycles. The zero-order valence-electron chi connectivity index (χ0n) is 10.8. The van der Waals surface area contributed by atoms with E-state index in [-0.39, 0.29) is 6.61 Å². The summed E-state index contributed by atoms with van der Waals surface area (Å²) in [7, 11) is -10.3. The Balaban J connectivity index is 3.52. The van der Waals surface area contributed by atoms with E-state index in [4.69, 9.17) is 0 Å². The lowest BCUT2D eigenvalue weighted by Crippen LogP contribution is -2.13. The van der Waals surface area contributed by atoms with Crippen LogP contribution in [-0.4, -0.2) is 17.5 Å². The van der Waals surface area contributed by atoms with Crippen LogP contribution in [0.1, 0.15) is 12.5 Å². The van der Waals surface area contributed by atoms with E-state index in [1.807, 2.05) is 0 Å². The molecule has 0 atom stereocenters. The SMILES string of the molecule is CCOC(=O)Cc1c(F)cc(S(F)(F)(F)(F)F)cc1[N+](=O)[O-]. The zero-order chi connectivity index (χ0) is 17.4. The molecule has 5 nitrogen and oxygen atoms in total. The number of carbonyl (C=O) groups is 1. The first-order valence-corrected chi connectivity index (χ1v) is 7.47. The van der Waals surface area contributed by atoms with Crippen LogP contribution in [0.2, 0.25) is 0 Å². The highest BCUT2D eigenvalue weighted by atomic mass is 32.5. The molecule has 0 N–H and O–H groups in total. The number of nitrogens with zero attached hydrogens (tertiary/aromatic N) is 1. The van der Waals surface area contributed by atoms with Crippen LogP contribution >= 0.6 is 10.2 Å². The lowest BCUT2D eigenvalue weighted by molar-refractivity contribution is -0.386. The molecule has 0 aliphatic heterocycles. The van der Waals surface area contributed by atoms with Crippen molar-refractivity contribution in [2.45, 2.75) is 18.2 Å². The third-order valence-corrected chi connectivity index (χ3v) is 3.54. The van der Waals surface area contributed by atoms with Gasteiger partial charge in [0, 0.05) is 6.07 Å². The molecule has 0 spiro atoms. The van der Waals surface area contributed by atoms with Gasteiger partial charge in [0.05, 0.1) is 23.5 Å². The van der Waals surface area contributed by atoms with E-state index >= 15 is 0 Å². The zero-order valence-corrected chi connectivity index (χ0v) is 11.6. The van der Waals surface area contributed by atoms with Gasteiger partial charge >= 0.3 is 16.2 Å². The predicted molar refractivity (Wildman–Crippen MR) is 64.8 cm³/mol. The van der Waals surface area contributed by atoms with E-state index in [0.717, 1.165) is 0 Å². The molecule has 0 saturated carbocycles. The standard InChI is InChI=1S/C10H9F6NO4S/c1-2-21-10(18)5-7-8(11)3-6(4-9(7)17(19)20)22(12,13,14,15)16/h3-4H,2,5H2,1H3. The van der Waals surface area contributed by atoms with Gasteiger partial charge in [-0.05, 0) is 13.0 Å². The molecule has 0 amide bonds. The van der Waals surface area contributed by atoms with E-state index in [2.05, 4.69) is 4.74 Å². The Morgan fingerprint density at radius 3 is 2.23 bits per heavy atom. The molecular formula is C10H9F6NO4S. The Morgan fingerprint density at radius 2 is 1.82 bits per heavy atom. The molecule has 0 bridgehead atoms. The minimum Gasteiger partial charge on any atom is -0.466 e. The first kappa shape index (κ1) is 18.1. The molecule has 0 aliphatic rings. The molecule has 0 unspecified atom stereocenters. The highest BCUT2D eigenvalue weighted by Gasteiger charge is 2.66. The van der Waals surface area contributed by atoms with Crippen LogP contribution in [0.5, 0.6) is 0 Å². The number of hydrogen-bond donors (Lipinski definition) is 0. The predicted octanol–water partition coefficient (Wildman–Crippen LogP) is 4.50. The fraction of sp³-hybridized carbons (Fsp3) is 0.300. The van der Waals surface area contributed by atoms with Crippen LogP contribution in [-0.2, 0) is 16.0 Å². The fourth-order valence-corrected chi connectivity index (χ4v) is 2.18. The topological polar surface area (TPSA) is 69.4 Å². The molecule has 0 aliphatic carbocycles. The molecule has 0 heterocycles. The van der Waals surface area contributed by atoms with E-state index in [1.54, 1.807) is 0 Å². The van der Waals surface area contributed by atoms with Crippen molar-refractivity contribution in [3.63, 3.8) is 0 Å². The number of benzene rings is 1. The highest BCUT2D eigenvalue weighted by molar-refractivity contribution is 8.45. The Labute approximate surface area is 119 Å². The molecule has 126 valence electrons. The Kier molecular flexibility index (Phi) is 3.91. The van der Waals surface area contributed by atoms with Gasteiger partial charge in [-0.25, -0.2) is 4.39 Å². The number of nitro benzene ring substituents is 1. The highest BCUT2D eigenvalue weighted by Crippen LogP contribution is 3.02. The van der Waals surface area contributed by atoms with E-state index in [1.165, 1.54) is 6.92 Å². The maximum Gasteiger partial charge on any atom is 0.310 e. The molecule has 1 aromatic rings. The summed E-state index contributed by atoms with van der Waals surface area (Å²) in [5.74, 6) is -3.09. The minimum absolute atomic E-state index is 0.155. The van der Waals surface area contributed by atoms with Crippen LogP contribution in [0.3, 0.4) is 0 Å². The molecule has 1 aromatic carbocycles. The summed E-state index contributed by atoms with van der Waals surface area (Å²) in [5, 5.41) is 10.7. The van der Waals surface area contributed by atoms with E-state index in [9.17, 15) is 38.7 Å². The van der Waals surface area contributed by atoms with Crippen molar-refractivity contribution in [1.82, 2.24) is 0 Å². The Bertz CT molecular complexity index is 645. The van der Waals surface area contributed by atoms with Crippen LogP contribution in [0, 0.1) is 15.9 Å². The van der Waals surface area contributed by atoms with Gasteiger partial charge in [-0.1, -0.05) is 19.4 Å². The van der Waals surface area contributed by atoms with Gasteiger partial charge in [0.2, 0.25) is 0 Å². The summed E-state index contributed by atoms with van der Waals surface area (Å²) < 4.78 is 81.0. The van der Waals surface area contributed by atoms with Crippen molar-refractivity contribution >= 4 is 21.9 Å². The summed E-state index contributed by atoms with van der Waals surface area (Å²) in [6, 6.07) is -1.05. The molecule has 0 radical (unpaired) electrons. The van der Waals surface area contributed by atoms with Crippen molar-refractivity contribution in [3.8, 4) is 0 Å². The van der Waals surface area contributed by atoms with Gasteiger partial charge in [0.1, 0.15) is 10.7 Å². The second-order valence-electron chi connectivity index (χ2n) is 4.11. The molecular weight excluding hydrogens is 344 g/mol. The first-order chi connectivity index (χ1) is 9.65. The minimum atomic E-state index is -10.3. The van der Waals surface area contributed by atoms with Gasteiger partial charge in [-0.15, -0.1) is 0 Å². The van der Waals surface area contributed by atoms with Gasteiger partial charge in [-0.3, -0.25) is 14.9 Å². The Morgan fingerprint density at radius 1 is 1.27 bits per heavy atom. The number of nitro groups is 1. The molecule has 1 rings (SSSR count). The maximum absolute atomic E-state index is 13.6. The van der Waals surface area contributed by atoms with Crippen molar-refractivity contribution in [1.29, 1.82) is 0 Å². The van der Waals surface area contributed by atoms with E-state index in [0.29, 0.717) is 0 Å². The summed E-state index contributed by atoms with van der Waals surface area (Å²) in [5.41, 5.74) is -2.63. The lowest BCUT2D eigenvalue weighted by atomic mass is 10.1. The number of hydrogen-bond acceptors (Lipinski definition) is 4. The normalized spacial score (nSPS) is 14.9. The molecule has 12 heteroatoms. The molecule has 0 fully saturated rings. The quantitative estimate of drug-likeness (QED) is 0.338. The molecule has 22 heavy (non-hydrogen) atoms. The van der Waals surface area contributed by atoms with Crippen molar-refractivity contribution in [3.05, 3.63) is 33.6 Å². The van der Waals surface area contributed by atoms with Gasteiger partial charge < -0.3 is 4.74 Å². The summed E-state index contributed by atoms with van der Waals surface area (Å²) >= 11 is 0. The second-order valence-corrected chi connectivity index (χ2v) is 6.52. The number of rotatable bonds is 5. The second kappa shape index (κ2) is 4.76. The maximum atomic E-state index is 13.6. The van der Waals surface area contributed by atoms with Gasteiger partial charge in [-0.2, -0.15) is 0 Å². The van der Waals surface area contributed by atoms with Gasteiger partial charge in [0.25, 0.3) is 5.69 Å². The number of ether oxygens (including phenoxy) is 1. The smallest absolute Gasteiger partial charge is 0.310 e. The van der Waals surface area contributed by atoms with Gasteiger partial charge in [0.15, 0.2) is 0 Å². The van der Waals surface area contributed by atoms with E-state index < -0.39 is 61.6 Å². The average Bonchev–Trinajstić information content (AvgIpc) is 2.28. The summed E-state index contributed by atoms with van der Waals surface area (Å²) in [4.78, 5) is 17.6. The number of carbonyl (C=O) groups excluding carboxylic acids is 1. The molecule has 0 saturated heterocycles. The number of esters is 1. The third-order valence-electron chi connectivity index (χ3n) is 2.41. The largest absolute Gasteiger partial charge is 0.466 e. The fourth-order valence-electron chi connectivity index (χ4n) is 1.51. The van der Waals surface area contributed by atoms with Crippen LogP contribution < -0.4 is 0 Å². The summed E-state index contributed by atoms with van der Waals surface area (Å²) in [6.07, 6.45) is -1.06. The summed E-state index contributed by atoms with van der Waals surface area (Å²) in [6.45, 7) is 1.22. The number of halogens is 6. The van der Waals surface area contributed by atoms with Crippen LogP contribution in [0.4, 0.5) is 29.5 Å². The van der Waals surface area contributed by atoms with Crippen molar-refractivity contribution in [2.24, 2.45) is 0 Å². The Hall–Kier alpha value is -1.98. The monoisotopic (exact) mass is 353 g/mol. The lowest BCUT2D eigenvalue weighted by Gasteiger charge is -2.40. The van der Waals surface area contributed by atoms with Crippen LogP contribution in [0.15, 0.2) is 17.0 Å². The first-order valence-electron chi connectivity index (χ1n) is 5.52.